The van der Waals surface area contributed by atoms with Crippen molar-refractivity contribution in [3.05, 3.63) is 35.6 Å². The van der Waals surface area contributed by atoms with Gasteiger partial charge >= 0.3 is 0 Å². The Labute approximate surface area is 135 Å². The molecule has 0 fully saturated rings. The molecule has 19 heavy (non-hydrogen) atoms. The van der Waals surface area contributed by atoms with E-state index in [0.29, 0.717) is 13.0 Å². The number of guanidine groups is 1. The van der Waals surface area contributed by atoms with Crippen LogP contribution in [0, 0.1) is 5.82 Å². The third kappa shape index (κ3) is 7.61. The van der Waals surface area contributed by atoms with E-state index in [2.05, 4.69) is 21.9 Å². The van der Waals surface area contributed by atoms with Gasteiger partial charge in [0.25, 0.3) is 0 Å². The Balaban J connectivity index is 0.00000324. The molecule has 2 N–H and O–H groups in total. The topological polar surface area (TPSA) is 36.4 Å². The van der Waals surface area contributed by atoms with Crippen molar-refractivity contribution < 1.29 is 4.39 Å². The number of rotatable bonds is 6. The van der Waals surface area contributed by atoms with Crippen molar-refractivity contribution >= 4 is 41.7 Å². The first-order chi connectivity index (χ1) is 8.77. The molecule has 0 radical (unpaired) electrons. The maximum atomic E-state index is 13.4. The first kappa shape index (κ1) is 18.5. The summed E-state index contributed by atoms with van der Waals surface area (Å²) in [6, 6.07) is 6.85. The van der Waals surface area contributed by atoms with Crippen LogP contribution in [0.5, 0.6) is 0 Å². The Morgan fingerprint density at radius 3 is 2.58 bits per heavy atom. The largest absolute Gasteiger partial charge is 0.356 e. The molecule has 1 rings (SSSR count). The summed E-state index contributed by atoms with van der Waals surface area (Å²) in [6.45, 7) is 1.54. The number of aliphatic imine (C=N–C) groups is 1. The molecular weight excluding hydrogens is 376 g/mol. The number of hydrogen-bond acceptors (Lipinski definition) is 2. The third-order valence-electron chi connectivity index (χ3n) is 2.47. The van der Waals surface area contributed by atoms with Crippen LogP contribution in [-0.4, -0.2) is 38.1 Å². The van der Waals surface area contributed by atoms with E-state index in [4.69, 9.17) is 0 Å². The zero-order valence-electron chi connectivity index (χ0n) is 11.3. The average molecular weight is 397 g/mol. The van der Waals surface area contributed by atoms with Crippen LogP contribution in [0.2, 0.25) is 0 Å². The second-order valence-electron chi connectivity index (χ2n) is 3.76. The average Bonchev–Trinajstić information content (AvgIpc) is 2.39. The highest BCUT2D eigenvalue weighted by Gasteiger charge is 2.01. The molecule has 1 aromatic rings. The number of nitrogens with one attached hydrogen (secondary N) is 2. The molecule has 0 aliphatic carbocycles. The molecule has 0 saturated carbocycles. The van der Waals surface area contributed by atoms with Gasteiger partial charge in [-0.3, -0.25) is 4.99 Å². The van der Waals surface area contributed by atoms with Crippen LogP contribution in [0.3, 0.4) is 0 Å². The molecule has 108 valence electrons. The van der Waals surface area contributed by atoms with Gasteiger partial charge in [0, 0.05) is 25.9 Å². The Bertz CT molecular complexity index is 388. The van der Waals surface area contributed by atoms with Crippen molar-refractivity contribution in [2.24, 2.45) is 4.99 Å². The maximum Gasteiger partial charge on any atom is 0.191 e. The second kappa shape index (κ2) is 11.3. The summed E-state index contributed by atoms with van der Waals surface area (Å²) in [5, 5.41) is 6.36. The van der Waals surface area contributed by atoms with Crippen molar-refractivity contribution in [1.29, 1.82) is 0 Å². The maximum absolute atomic E-state index is 13.4. The highest BCUT2D eigenvalue weighted by molar-refractivity contribution is 14.0. The SMILES string of the molecule is CN=C(NCCSC)NCCc1ccccc1F.I. The lowest BCUT2D eigenvalue weighted by atomic mass is 10.1. The fourth-order valence-corrected chi connectivity index (χ4v) is 1.82. The van der Waals surface area contributed by atoms with E-state index in [1.54, 1.807) is 30.9 Å². The van der Waals surface area contributed by atoms with Gasteiger partial charge in [-0.05, 0) is 24.3 Å². The van der Waals surface area contributed by atoms with Crippen molar-refractivity contribution in [3.8, 4) is 0 Å². The fourth-order valence-electron chi connectivity index (χ4n) is 1.51. The lowest BCUT2D eigenvalue weighted by Crippen LogP contribution is -2.39. The first-order valence-electron chi connectivity index (χ1n) is 5.94. The minimum atomic E-state index is -0.148. The summed E-state index contributed by atoms with van der Waals surface area (Å²) >= 11 is 1.78. The number of hydrogen-bond donors (Lipinski definition) is 2. The molecule has 6 heteroatoms. The molecule has 0 aromatic heterocycles. The Morgan fingerprint density at radius 1 is 1.26 bits per heavy atom. The molecule has 0 aliphatic heterocycles. The predicted octanol–water partition coefficient (Wildman–Crippen LogP) is 2.51. The summed E-state index contributed by atoms with van der Waals surface area (Å²) < 4.78 is 13.4. The van der Waals surface area contributed by atoms with E-state index in [1.807, 2.05) is 6.07 Å². The smallest absolute Gasteiger partial charge is 0.191 e. The summed E-state index contributed by atoms with van der Waals surface area (Å²) in [5.74, 6) is 1.65. The first-order valence-corrected chi connectivity index (χ1v) is 7.34. The van der Waals surface area contributed by atoms with Gasteiger partial charge in [-0.1, -0.05) is 18.2 Å². The lowest BCUT2D eigenvalue weighted by Gasteiger charge is -2.11. The number of benzene rings is 1. The molecule has 0 spiro atoms. The molecule has 0 atom stereocenters. The summed E-state index contributed by atoms with van der Waals surface area (Å²) in [6.07, 6.45) is 2.71. The van der Waals surface area contributed by atoms with E-state index < -0.39 is 0 Å². The summed E-state index contributed by atoms with van der Waals surface area (Å²) in [5.41, 5.74) is 0.726. The Kier molecular flexibility index (Phi) is 11.0. The molecule has 0 unspecified atom stereocenters. The van der Waals surface area contributed by atoms with Crippen LogP contribution in [0.1, 0.15) is 5.56 Å². The van der Waals surface area contributed by atoms with Crippen LogP contribution in [0.15, 0.2) is 29.3 Å². The molecule has 0 heterocycles. The van der Waals surface area contributed by atoms with Gasteiger partial charge in [0.1, 0.15) is 5.82 Å². The quantitative estimate of drug-likeness (QED) is 0.335. The second-order valence-corrected chi connectivity index (χ2v) is 4.75. The van der Waals surface area contributed by atoms with Gasteiger partial charge in [-0.15, -0.1) is 24.0 Å². The van der Waals surface area contributed by atoms with Gasteiger partial charge in [-0.2, -0.15) is 11.8 Å². The van der Waals surface area contributed by atoms with Crippen LogP contribution in [-0.2, 0) is 6.42 Å². The van der Waals surface area contributed by atoms with E-state index in [1.165, 1.54) is 6.07 Å². The van der Waals surface area contributed by atoms with Crippen LogP contribution in [0.4, 0.5) is 4.39 Å². The molecule has 0 bridgehead atoms. The standard InChI is InChI=1S/C13H20FN3S.HI/c1-15-13(17-9-10-18-2)16-8-7-11-5-3-4-6-12(11)14;/h3-6H,7-10H2,1-2H3,(H2,15,16,17);1H. The highest BCUT2D eigenvalue weighted by atomic mass is 127. The van der Waals surface area contributed by atoms with Crippen LogP contribution < -0.4 is 10.6 Å². The molecule has 0 aliphatic rings. The zero-order chi connectivity index (χ0) is 13.2. The van der Waals surface area contributed by atoms with Gasteiger partial charge in [0.2, 0.25) is 0 Å². The van der Waals surface area contributed by atoms with Crippen molar-refractivity contribution in [2.45, 2.75) is 6.42 Å². The molecular formula is C13H21FIN3S. The lowest BCUT2D eigenvalue weighted by molar-refractivity contribution is 0.607. The van der Waals surface area contributed by atoms with E-state index in [-0.39, 0.29) is 29.8 Å². The van der Waals surface area contributed by atoms with Gasteiger partial charge in [0.05, 0.1) is 0 Å². The summed E-state index contributed by atoms with van der Waals surface area (Å²) in [4.78, 5) is 4.10. The highest BCUT2D eigenvalue weighted by Crippen LogP contribution is 2.05. The van der Waals surface area contributed by atoms with Crippen LogP contribution >= 0.6 is 35.7 Å². The number of nitrogens with zero attached hydrogens (tertiary/aromatic N) is 1. The van der Waals surface area contributed by atoms with Crippen molar-refractivity contribution in [3.63, 3.8) is 0 Å². The van der Waals surface area contributed by atoms with Crippen molar-refractivity contribution in [1.82, 2.24) is 10.6 Å². The third-order valence-corrected chi connectivity index (χ3v) is 3.08. The molecule has 0 saturated heterocycles. The van der Waals surface area contributed by atoms with E-state index >= 15 is 0 Å². The Morgan fingerprint density at radius 2 is 1.95 bits per heavy atom. The number of thioether (sulfide) groups is 1. The van der Waals surface area contributed by atoms with Gasteiger partial charge in [-0.25, -0.2) is 4.39 Å². The molecule has 3 nitrogen and oxygen atoms in total. The van der Waals surface area contributed by atoms with E-state index in [9.17, 15) is 4.39 Å². The molecule has 1 aromatic carbocycles. The normalized spacial score (nSPS) is 10.8. The zero-order valence-corrected chi connectivity index (χ0v) is 14.4. The monoisotopic (exact) mass is 397 g/mol. The Hall–Kier alpha value is -0.500. The van der Waals surface area contributed by atoms with Crippen LogP contribution in [0.25, 0.3) is 0 Å². The fraction of sp³-hybridized carbons (Fsp3) is 0.462. The minimum Gasteiger partial charge on any atom is -0.356 e. The van der Waals surface area contributed by atoms with Gasteiger partial charge in [0.15, 0.2) is 5.96 Å². The number of halogens is 2. The molecule has 0 amide bonds. The summed E-state index contributed by atoms with van der Waals surface area (Å²) in [7, 11) is 1.73. The minimum absolute atomic E-state index is 0. The van der Waals surface area contributed by atoms with Gasteiger partial charge < -0.3 is 10.6 Å². The van der Waals surface area contributed by atoms with Crippen molar-refractivity contribution in [2.75, 3.05) is 32.1 Å². The van der Waals surface area contributed by atoms with E-state index in [0.717, 1.165) is 23.8 Å². The predicted molar refractivity (Wildman–Crippen MR) is 93.3 cm³/mol.